The average Bonchev–Trinajstić information content (AvgIpc) is 2.51. The molecular weight excluding hydrogens is 176 g/mol. The van der Waals surface area contributed by atoms with Crippen LogP contribution in [0.1, 0.15) is 5.56 Å². The highest BCUT2D eigenvalue weighted by atomic mass is 19.3. The summed E-state index contributed by atoms with van der Waals surface area (Å²) >= 11 is 0. The van der Waals surface area contributed by atoms with E-state index in [2.05, 4.69) is 10.1 Å². The number of alkyl halides is 2. The van der Waals surface area contributed by atoms with Crippen LogP contribution < -0.4 is 10.1 Å². The lowest BCUT2D eigenvalue weighted by atomic mass is 10.1. The number of benzene rings is 1. The van der Waals surface area contributed by atoms with Gasteiger partial charge in [-0.25, -0.2) is 0 Å². The van der Waals surface area contributed by atoms with Crippen molar-refractivity contribution in [3.8, 4) is 5.75 Å². The van der Waals surface area contributed by atoms with Crippen LogP contribution in [0.25, 0.3) is 0 Å². The van der Waals surface area contributed by atoms with Crippen LogP contribution in [0.4, 0.5) is 14.5 Å². The van der Waals surface area contributed by atoms with Crippen LogP contribution in [0.3, 0.4) is 0 Å². The highest BCUT2D eigenvalue weighted by molar-refractivity contribution is 5.65. The van der Waals surface area contributed by atoms with Gasteiger partial charge in [-0.05, 0) is 18.1 Å². The molecule has 1 aromatic rings. The standard InChI is InChI=1S/C9H9F2NO/c10-9(11)13-7-3-1-2-6-4-5-12-8(6)7/h1-3,9,12H,4-5H2. The topological polar surface area (TPSA) is 21.3 Å². The lowest BCUT2D eigenvalue weighted by Gasteiger charge is -2.09. The van der Waals surface area contributed by atoms with Crippen molar-refractivity contribution in [3.05, 3.63) is 23.8 Å². The van der Waals surface area contributed by atoms with E-state index in [9.17, 15) is 8.78 Å². The van der Waals surface area contributed by atoms with E-state index in [4.69, 9.17) is 0 Å². The molecule has 0 fully saturated rings. The summed E-state index contributed by atoms with van der Waals surface area (Å²) in [6.07, 6.45) is 0.871. The van der Waals surface area contributed by atoms with Crippen LogP contribution in [0.2, 0.25) is 0 Å². The van der Waals surface area contributed by atoms with Crippen LogP contribution in [0.5, 0.6) is 5.75 Å². The number of anilines is 1. The number of hydrogen-bond acceptors (Lipinski definition) is 2. The second kappa shape index (κ2) is 3.20. The fraction of sp³-hybridized carbons (Fsp3) is 0.333. The average molecular weight is 185 g/mol. The second-order valence-corrected chi connectivity index (χ2v) is 2.85. The zero-order chi connectivity index (χ0) is 9.26. The summed E-state index contributed by atoms with van der Waals surface area (Å²) in [5.74, 6) is 0.241. The lowest BCUT2D eigenvalue weighted by Crippen LogP contribution is -2.04. The highest BCUT2D eigenvalue weighted by Crippen LogP contribution is 2.33. The fourth-order valence-electron chi connectivity index (χ4n) is 1.50. The molecule has 0 amide bonds. The van der Waals surface area contributed by atoms with E-state index in [-0.39, 0.29) is 5.75 Å². The summed E-state index contributed by atoms with van der Waals surface area (Å²) in [5.41, 5.74) is 1.75. The molecule has 4 heteroatoms. The third kappa shape index (κ3) is 1.56. The molecule has 0 saturated heterocycles. The minimum Gasteiger partial charge on any atom is -0.433 e. The monoisotopic (exact) mass is 185 g/mol. The van der Waals surface area contributed by atoms with Crippen molar-refractivity contribution in [2.24, 2.45) is 0 Å². The summed E-state index contributed by atoms with van der Waals surface area (Å²) in [6.45, 7) is -1.97. The molecule has 1 aromatic carbocycles. The third-order valence-corrected chi connectivity index (χ3v) is 2.02. The maximum atomic E-state index is 11.9. The molecule has 0 aliphatic carbocycles. The normalized spacial score (nSPS) is 14.1. The summed E-state index contributed by atoms with van der Waals surface area (Å²) in [5, 5.41) is 3.02. The van der Waals surface area contributed by atoms with E-state index >= 15 is 0 Å². The molecule has 1 aliphatic heterocycles. The predicted octanol–water partition coefficient (Wildman–Crippen LogP) is 2.26. The van der Waals surface area contributed by atoms with Crippen molar-refractivity contribution >= 4 is 5.69 Å². The first-order valence-corrected chi connectivity index (χ1v) is 4.08. The van der Waals surface area contributed by atoms with Crippen molar-refractivity contribution in [3.63, 3.8) is 0 Å². The zero-order valence-corrected chi connectivity index (χ0v) is 6.89. The van der Waals surface area contributed by atoms with Crippen LogP contribution in [-0.4, -0.2) is 13.2 Å². The molecule has 70 valence electrons. The van der Waals surface area contributed by atoms with E-state index in [1.165, 1.54) is 0 Å². The Balaban J connectivity index is 2.30. The Morgan fingerprint density at radius 2 is 2.23 bits per heavy atom. The van der Waals surface area contributed by atoms with Gasteiger partial charge in [-0.15, -0.1) is 0 Å². The van der Waals surface area contributed by atoms with E-state index in [0.29, 0.717) is 5.69 Å². The molecule has 1 N–H and O–H groups in total. The summed E-state index contributed by atoms with van der Waals surface area (Å²) in [4.78, 5) is 0. The molecule has 13 heavy (non-hydrogen) atoms. The summed E-state index contributed by atoms with van der Waals surface area (Å²) in [6, 6.07) is 5.18. The maximum absolute atomic E-state index is 11.9. The molecular formula is C9H9F2NO. The van der Waals surface area contributed by atoms with Crippen molar-refractivity contribution in [1.82, 2.24) is 0 Å². The number of halogens is 2. The Morgan fingerprint density at radius 3 is 3.00 bits per heavy atom. The minimum absolute atomic E-state index is 0.241. The van der Waals surface area contributed by atoms with Crippen LogP contribution >= 0.6 is 0 Å². The first-order chi connectivity index (χ1) is 6.27. The van der Waals surface area contributed by atoms with Gasteiger partial charge in [0.25, 0.3) is 0 Å². The highest BCUT2D eigenvalue weighted by Gasteiger charge is 2.16. The third-order valence-electron chi connectivity index (χ3n) is 2.02. The Hall–Kier alpha value is -1.32. The molecule has 0 spiro atoms. The molecule has 0 aromatic heterocycles. The summed E-state index contributed by atoms with van der Waals surface area (Å²) < 4.78 is 28.2. The van der Waals surface area contributed by atoms with Crippen molar-refractivity contribution in [1.29, 1.82) is 0 Å². The van der Waals surface area contributed by atoms with E-state index < -0.39 is 6.61 Å². The van der Waals surface area contributed by atoms with Crippen LogP contribution in [-0.2, 0) is 6.42 Å². The van der Waals surface area contributed by atoms with Gasteiger partial charge < -0.3 is 10.1 Å². The van der Waals surface area contributed by atoms with E-state index in [0.717, 1.165) is 18.5 Å². The lowest BCUT2D eigenvalue weighted by molar-refractivity contribution is -0.0493. The number of nitrogens with one attached hydrogen (secondary N) is 1. The first kappa shape index (κ1) is 8.29. The van der Waals surface area contributed by atoms with E-state index in [1.807, 2.05) is 6.07 Å². The quantitative estimate of drug-likeness (QED) is 0.763. The molecule has 0 bridgehead atoms. The molecule has 0 unspecified atom stereocenters. The van der Waals surface area contributed by atoms with Gasteiger partial charge >= 0.3 is 6.61 Å². The van der Waals surface area contributed by atoms with Crippen molar-refractivity contribution in [2.45, 2.75) is 13.0 Å². The minimum atomic E-state index is -2.76. The molecule has 0 atom stereocenters. The molecule has 1 aliphatic rings. The Labute approximate surface area is 74.5 Å². The van der Waals surface area contributed by atoms with Crippen molar-refractivity contribution < 1.29 is 13.5 Å². The maximum Gasteiger partial charge on any atom is 0.387 e. The van der Waals surface area contributed by atoms with Gasteiger partial charge in [0.05, 0.1) is 5.69 Å². The summed E-state index contributed by atoms with van der Waals surface area (Å²) in [7, 11) is 0. The smallest absolute Gasteiger partial charge is 0.387 e. The molecule has 1 heterocycles. The van der Waals surface area contributed by atoms with Gasteiger partial charge in [-0.1, -0.05) is 12.1 Å². The Bertz CT molecular complexity index is 314. The van der Waals surface area contributed by atoms with Gasteiger partial charge in [0, 0.05) is 6.54 Å². The number of hydrogen-bond donors (Lipinski definition) is 1. The van der Waals surface area contributed by atoms with Gasteiger partial charge in [-0.3, -0.25) is 0 Å². The SMILES string of the molecule is FC(F)Oc1cccc2c1NCC2. The van der Waals surface area contributed by atoms with E-state index in [1.54, 1.807) is 12.1 Å². The fourth-order valence-corrected chi connectivity index (χ4v) is 1.50. The molecule has 2 rings (SSSR count). The molecule has 0 saturated carbocycles. The number of ether oxygens (including phenoxy) is 1. The second-order valence-electron chi connectivity index (χ2n) is 2.85. The van der Waals surface area contributed by atoms with Gasteiger partial charge in [0.15, 0.2) is 0 Å². The Morgan fingerprint density at radius 1 is 1.38 bits per heavy atom. The van der Waals surface area contributed by atoms with Crippen LogP contribution in [0.15, 0.2) is 18.2 Å². The number of fused-ring (bicyclic) bond motifs is 1. The zero-order valence-electron chi connectivity index (χ0n) is 6.89. The molecule has 2 nitrogen and oxygen atoms in total. The van der Waals surface area contributed by atoms with Gasteiger partial charge in [0.1, 0.15) is 5.75 Å². The molecule has 0 radical (unpaired) electrons. The predicted molar refractivity (Wildman–Crippen MR) is 45.3 cm³/mol. The number of rotatable bonds is 2. The Kier molecular flexibility index (Phi) is 2.04. The first-order valence-electron chi connectivity index (χ1n) is 4.08. The van der Waals surface area contributed by atoms with Gasteiger partial charge in [-0.2, -0.15) is 8.78 Å². The number of para-hydroxylation sites is 1. The van der Waals surface area contributed by atoms with Crippen LogP contribution in [0, 0.1) is 0 Å². The van der Waals surface area contributed by atoms with Crippen molar-refractivity contribution in [2.75, 3.05) is 11.9 Å². The van der Waals surface area contributed by atoms with Gasteiger partial charge in [0.2, 0.25) is 0 Å². The largest absolute Gasteiger partial charge is 0.433 e.